The van der Waals surface area contributed by atoms with Crippen molar-refractivity contribution in [2.75, 3.05) is 11.1 Å². The monoisotopic (exact) mass is 284 g/mol. The van der Waals surface area contributed by atoms with E-state index in [0.29, 0.717) is 22.5 Å². The van der Waals surface area contributed by atoms with Crippen molar-refractivity contribution in [1.82, 2.24) is 20.0 Å². The minimum Gasteiger partial charge on any atom is -0.399 e. The SMILES string of the molecule is Cc1nn(C)c(C)c1NC(=O)c1n[nH]c2ccc(N)cc12. The number of hydrogen-bond donors (Lipinski definition) is 3. The molecule has 0 unspecified atom stereocenters. The maximum Gasteiger partial charge on any atom is 0.276 e. The Hall–Kier alpha value is -2.83. The maximum absolute atomic E-state index is 12.4. The molecule has 0 spiro atoms. The van der Waals surface area contributed by atoms with E-state index in [-0.39, 0.29) is 5.91 Å². The average Bonchev–Trinajstić information content (AvgIpc) is 2.95. The van der Waals surface area contributed by atoms with Crippen molar-refractivity contribution in [1.29, 1.82) is 0 Å². The highest BCUT2D eigenvalue weighted by molar-refractivity contribution is 6.11. The largest absolute Gasteiger partial charge is 0.399 e. The first-order valence-corrected chi connectivity index (χ1v) is 6.52. The van der Waals surface area contributed by atoms with Crippen molar-refractivity contribution < 1.29 is 4.79 Å². The predicted molar refractivity (Wildman–Crippen MR) is 81.1 cm³/mol. The highest BCUT2D eigenvalue weighted by Gasteiger charge is 2.18. The van der Waals surface area contributed by atoms with Crippen LogP contribution in [0.2, 0.25) is 0 Å². The van der Waals surface area contributed by atoms with E-state index >= 15 is 0 Å². The molecule has 0 aliphatic rings. The number of nitrogen functional groups attached to an aromatic ring is 1. The zero-order valence-electron chi connectivity index (χ0n) is 12.1. The first-order valence-electron chi connectivity index (χ1n) is 6.52. The van der Waals surface area contributed by atoms with Gasteiger partial charge in [-0.25, -0.2) is 0 Å². The molecule has 0 aliphatic heterocycles. The number of aryl methyl sites for hydroxylation is 2. The van der Waals surface area contributed by atoms with Gasteiger partial charge in [0.25, 0.3) is 5.91 Å². The number of fused-ring (bicyclic) bond motifs is 1. The summed E-state index contributed by atoms with van der Waals surface area (Å²) in [6.45, 7) is 3.75. The zero-order chi connectivity index (χ0) is 15.1. The number of aromatic nitrogens is 4. The van der Waals surface area contributed by atoms with Gasteiger partial charge in [-0.05, 0) is 32.0 Å². The third kappa shape index (κ3) is 2.12. The van der Waals surface area contributed by atoms with Gasteiger partial charge >= 0.3 is 0 Å². The number of hydrogen-bond acceptors (Lipinski definition) is 4. The van der Waals surface area contributed by atoms with E-state index in [0.717, 1.165) is 16.9 Å². The summed E-state index contributed by atoms with van der Waals surface area (Å²) in [5, 5.41) is 14.8. The van der Waals surface area contributed by atoms with Crippen LogP contribution >= 0.6 is 0 Å². The first-order chi connectivity index (χ1) is 9.97. The Morgan fingerprint density at radius 1 is 1.38 bits per heavy atom. The molecular weight excluding hydrogens is 268 g/mol. The van der Waals surface area contributed by atoms with Gasteiger partial charge < -0.3 is 11.1 Å². The fourth-order valence-electron chi connectivity index (χ4n) is 2.33. The molecule has 0 bridgehead atoms. The number of nitrogens with zero attached hydrogens (tertiary/aromatic N) is 3. The molecule has 2 aromatic heterocycles. The van der Waals surface area contributed by atoms with E-state index in [9.17, 15) is 4.79 Å². The lowest BCUT2D eigenvalue weighted by Gasteiger charge is -2.04. The molecule has 3 rings (SSSR count). The highest BCUT2D eigenvalue weighted by atomic mass is 16.2. The molecule has 0 aliphatic carbocycles. The molecule has 7 nitrogen and oxygen atoms in total. The predicted octanol–water partition coefficient (Wildman–Crippen LogP) is 1.75. The van der Waals surface area contributed by atoms with Gasteiger partial charge in [-0.3, -0.25) is 14.6 Å². The Bertz CT molecular complexity index is 845. The Morgan fingerprint density at radius 3 is 2.81 bits per heavy atom. The van der Waals surface area contributed by atoms with Crippen LogP contribution in [0.1, 0.15) is 21.9 Å². The molecule has 21 heavy (non-hydrogen) atoms. The highest BCUT2D eigenvalue weighted by Crippen LogP contribution is 2.22. The summed E-state index contributed by atoms with van der Waals surface area (Å²) in [6, 6.07) is 5.29. The van der Waals surface area contributed by atoms with Gasteiger partial charge in [0.2, 0.25) is 0 Å². The topological polar surface area (TPSA) is 102 Å². The smallest absolute Gasteiger partial charge is 0.276 e. The van der Waals surface area contributed by atoms with Crippen LogP contribution in [0.3, 0.4) is 0 Å². The molecule has 2 heterocycles. The number of carbonyl (C=O) groups is 1. The molecule has 108 valence electrons. The zero-order valence-corrected chi connectivity index (χ0v) is 12.1. The van der Waals surface area contributed by atoms with Crippen LogP contribution in [-0.2, 0) is 7.05 Å². The summed E-state index contributed by atoms with van der Waals surface area (Å²) in [6.07, 6.45) is 0. The van der Waals surface area contributed by atoms with Gasteiger partial charge in [-0.1, -0.05) is 0 Å². The number of aromatic amines is 1. The molecular formula is C14H16N6O. The van der Waals surface area contributed by atoms with Crippen molar-refractivity contribution in [2.45, 2.75) is 13.8 Å². The second-order valence-corrected chi connectivity index (χ2v) is 5.00. The molecule has 0 atom stereocenters. The summed E-state index contributed by atoms with van der Waals surface area (Å²) in [7, 11) is 1.84. The average molecular weight is 284 g/mol. The van der Waals surface area contributed by atoms with Gasteiger partial charge in [0.1, 0.15) is 0 Å². The van der Waals surface area contributed by atoms with Crippen molar-refractivity contribution in [3.05, 3.63) is 35.3 Å². The van der Waals surface area contributed by atoms with E-state index in [4.69, 9.17) is 5.73 Å². The van der Waals surface area contributed by atoms with Crippen molar-refractivity contribution in [3.8, 4) is 0 Å². The Labute approximate surface area is 121 Å². The molecule has 0 saturated carbocycles. The molecule has 7 heteroatoms. The summed E-state index contributed by atoms with van der Waals surface area (Å²) in [5.74, 6) is -0.286. The minimum absolute atomic E-state index is 0.286. The number of H-pyrrole nitrogens is 1. The van der Waals surface area contributed by atoms with Gasteiger partial charge in [-0.15, -0.1) is 0 Å². The number of rotatable bonds is 2. The van der Waals surface area contributed by atoms with Crippen LogP contribution in [0.15, 0.2) is 18.2 Å². The standard InChI is InChI=1S/C14H16N6O/c1-7-12(8(2)20(3)19-7)16-14(21)13-10-6-9(15)4-5-11(10)17-18-13/h4-6H,15H2,1-3H3,(H,16,21)(H,17,18). The molecule has 0 radical (unpaired) electrons. The van der Waals surface area contributed by atoms with E-state index < -0.39 is 0 Å². The lowest BCUT2D eigenvalue weighted by Crippen LogP contribution is -2.14. The lowest BCUT2D eigenvalue weighted by atomic mass is 10.2. The minimum atomic E-state index is -0.286. The molecule has 4 N–H and O–H groups in total. The van der Waals surface area contributed by atoms with Crippen LogP contribution in [-0.4, -0.2) is 25.9 Å². The summed E-state index contributed by atoms with van der Waals surface area (Å²) in [5.41, 5.74) is 9.82. The van der Waals surface area contributed by atoms with Crippen LogP contribution < -0.4 is 11.1 Å². The number of nitrogens with one attached hydrogen (secondary N) is 2. The molecule has 3 aromatic rings. The molecule has 1 amide bonds. The molecule has 1 aromatic carbocycles. The van der Waals surface area contributed by atoms with Gasteiger partial charge in [0, 0.05) is 18.1 Å². The number of carbonyl (C=O) groups excluding carboxylic acids is 1. The van der Waals surface area contributed by atoms with Gasteiger partial charge in [-0.2, -0.15) is 10.2 Å². The number of amides is 1. The molecule has 0 saturated heterocycles. The Morgan fingerprint density at radius 2 is 2.14 bits per heavy atom. The van der Waals surface area contributed by atoms with E-state index in [1.54, 1.807) is 22.9 Å². The second kappa shape index (κ2) is 4.62. The van der Waals surface area contributed by atoms with E-state index in [1.165, 1.54) is 0 Å². The fourth-order valence-corrected chi connectivity index (χ4v) is 2.33. The van der Waals surface area contributed by atoms with Crippen LogP contribution in [0.25, 0.3) is 10.9 Å². The van der Waals surface area contributed by atoms with Crippen LogP contribution in [0.4, 0.5) is 11.4 Å². The van der Waals surface area contributed by atoms with Crippen molar-refractivity contribution >= 4 is 28.2 Å². The number of nitrogens with two attached hydrogens (primary N) is 1. The van der Waals surface area contributed by atoms with E-state index in [2.05, 4.69) is 20.6 Å². The quantitative estimate of drug-likeness (QED) is 0.624. The van der Waals surface area contributed by atoms with Crippen molar-refractivity contribution in [2.24, 2.45) is 7.05 Å². The lowest BCUT2D eigenvalue weighted by molar-refractivity contribution is 0.102. The van der Waals surface area contributed by atoms with Crippen molar-refractivity contribution in [3.63, 3.8) is 0 Å². The Balaban J connectivity index is 1.99. The van der Waals surface area contributed by atoms with Gasteiger partial charge in [0.15, 0.2) is 5.69 Å². The van der Waals surface area contributed by atoms with Crippen LogP contribution in [0.5, 0.6) is 0 Å². The number of anilines is 2. The van der Waals surface area contributed by atoms with Crippen LogP contribution in [0, 0.1) is 13.8 Å². The first kappa shape index (κ1) is 13.2. The third-order valence-electron chi connectivity index (χ3n) is 3.55. The third-order valence-corrected chi connectivity index (χ3v) is 3.55. The summed E-state index contributed by atoms with van der Waals surface area (Å²) in [4.78, 5) is 12.4. The summed E-state index contributed by atoms with van der Waals surface area (Å²) >= 11 is 0. The molecule has 0 fully saturated rings. The second-order valence-electron chi connectivity index (χ2n) is 5.00. The summed E-state index contributed by atoms with van der Waals surface area (Å²) < 4.78 is 1.73. The Kier molecular flexibility index (Phi) is 2.90. The normalized spacial score (nSPS) is 11.0. The maximum atomic E-state index is 12.4. The van der Waals surface area contributed by atoms with Gasteiger partial charge in [0.05, 0.1) is 22.6 Å². The van der Waals surface area contributed by atoms with E-state index in [1.807, 2.05) is 20.9 Å². The fraction of sp³-hybridized carbons (Fsp3) is 0.214. The number of benzene rings is 1.